The minimum Gasteiger partial charge on any atom is -0.353 e. The Morgan fingerprint density at radius 1 is 1.27 bits per heavy atom. The molecule has 0 bridgehead atoms. The van der Waals surface area contributed by atoms with Crippen LogP contribution in [0.4, 0.5) is 10.2 Å². The third-order valence-electron chi connectivity index (χ3n) is 5.09. The average molecular weight is 409 g/mol. The number of pyridine rings is 1. The predicted octanol–water partition coefficient (Wildman–Crippen LogP) is 2.62. The molecular weight excluding hydrogens is 385 g/mol. The first-order valence-electron chi connectivity index (χ1n) is 9.88. The average Bonchev–Trinajstić information content (AvgIpc) is 3.05. The van der Waals surface area contributed by atoms with E-state index in [1.54, 1.807) is 6.20 Å². The second kappa shape index (κ2) is 8.62. The Balaban J connectivity index is 1.43. The minimum atomic E-state index is -0.654. The van der Waals surface area contributed by atoms with E-state index in [4.69, 9.17) is 4.74 Å². The predicted molar refractivity (Wildman–Crippen MR) is 111 cm³/mol. The normalized spacial score (nSPS) is 18.6. The third-order valence-corrected chi connectivity index (χ3v) is 5.09. The van der Waals surface area contributed by atoms with Crippen LogP contribution in [0.15, 0.2) is 54.9 Å². The number of fused-ring (bicyclic) bond motifs is 1. The molecule has 3 heterocycles. The number of halogens is 1. The molecule has 2 unspecified atom stereocenters. The summed E-state index contributed by atoms with van der Waals surface area (Å²) in [6.45, 7) is 2.55. The highest BCUT2D eigenvalue weighted by atomic mass is 19.1. The van der Waals surface area contributed by atoms with Crippen molar-refractivity contribution < 1.29 is 13.9 Å². The molecule has 30 heavy (non-hydrogen) atoms. The summed E-state index contributed by atoms with van der Waals surface area (Å²) in [5, 5.41) is 6.87. The zero-order chi connectivity index (χ0) is 21.1. The van der Waals surface area contributed by atoms with Gasteiger partial charge < -0.3 is 15.0 Å². The van der Waals surface area contributed by atoms with E-state index in [0.29, 0.717) is 6.54 Å². The highest BCUT2D eigenvalue weighted by Crippen LogP contribution is 2.25. The van der Waals surface area contributed by atoms with E-state index in [1.165, 1.54) is 10.9 Å². The topological polar surface area (TPSA) is 72.3 Å². The summed E-state index contributed by atoms with van der Waals surface area (Å²) in [5.74, 6) is -0.409. The van der Waals surface area contributed by atoms with E-state index in [9.17, 15) is 9.18 Å². The van der Waals surface area contributed by atoms with Crippen molar-refractivity contribution in [3.8, 4) is 0 Å². The summed E-state index contributed by atoms with van der Waals surface area (Å²) in [6, 6.07) is 13.5. The largest absolute Gasteiger partial charge is 0.353 e. The number of nitrogens with one attached hydrogen (secondary N) is 1. The zero-order valence-electron chi connectivity index (χ0n) is 17.0. The van der Waals surface area contributed by atoms with Gasteiger partial charge in [0.05, 0.1) is 25.4 Å². The van der Waals surface area contributed by atoms with Crippen molar-refractivity contribution in [2.45, 2.75) is 32.2 Å². The molecule has 8 heteroatoms. The van der Waals surface area contributed by atoms with Crippen LogP contribution < -0.4 is 10.2 Å². The monoisotopic (exact) mass is 409 g/mol. The molecule has 1 aliphatic rings. The van der Waals surface area contributed by atoms with E-state index in [-0.39, 0.29) is 18.3 Å². The van der Waals surface area contributed by atoms with Crippen molar-refractivity contribution in [2.24, 2.45) is 0 Å². The van der Waals surface area contributed by atoms with Crippen molar-refractivity contribution in [2.75, 3.05) is 18.5 Å². The third kappa shape index (κ3) is 4.33. The summed E-state index contributed by atoms with van der Waals surface area (Å²) in [6.07, 6.45) is 3.24. The minimum absolute atomic E-state index is 0.0402. The van der Waals surface area contributed by atoms with Gasteiger partial charge in [0.15, 0.2) is 11.5 Å². The quantitative estimate of drug-likeness (QED) is 0.701. The fourth-order valence-electron chi connectivity index (χ4n) is 3.61. The summed E-state index contributed by atoms with van der Waals surface area (Å²) < 4.78 is 21.8. The standard InChI is InChI=1S/C22H24FN5O2/c1-15-11-17-9-6-10-24-21(17)27(2)19(30-15)12-25-22(29)20-18(23)14-28(26-20)13-16-7-4-3-5-8-16/h3-10,14-15,19H,11-13H2,1-2H3,(H,25,29). The lowest BCUT2D eigenvalue weighted by atomic mass is 10.1. The van der Waals surface area contributed by atoms with Crippen molar-refractivity contribution in [1.29, 1.82) is 0 Å². The molecule has 0 radical (unpaired) electrons. The molecule has 1 N–H and O–H groups in total. The number of ether oxygens (including phenoxy) is 1. The maximum atomic E-state index is 14.3. The van der Waals surface area contributed by atoms with Crippen molar-refractivity contribution in [1.82, 2.24) is 20.1 Å². The fourth-order valence-corrected chi connectivity index (χ4v) is 3.61. The summed E-state index contributed by atoms with van der Waals surface area (Å²) in [7, 11) is 1.87. The van der Waals surface area contributed by atoms with Gasteiger partial charge in [0.25, 0.3) is 5.91 Å². The highest BCUT2D eigenvalue weighted by molar-refractivity contribution is 5.92. The van der Waals surface area contributed by atoms with Gasteiger partial charge in [-0.25, -0.2) is 9.37 Å². The number of rotatable bonds is 5. The molecule has 0 saturated carbocycles. The van der Waals surface area contributed by atoms with Crippen LogP contribution in [0.3, 0.4) is 0 Å². The number of benzene rings is 1. The Labute approximate surface area is 174 Å². The number of nitrogens with zero attached hydrogens (tertiary/aromatic N) is 4. The number of hydrogen-bond donors (Lipinski definition) is 1. The lowest BCUT2D eigenvalue weighted by Crippen LogP contribution is -2.45. The number of amides is 1. The van der Waals surface area contributed by atoms with Crippen LogP contribution in [-0.2, 0) is 17.7 Å². The zero-order valence-corrected chi connectivity index (χ0v) is 17.0. The van der Waals surface area contributed by atoms with Gasteiger partial charge in [-0.15, -0.1) is 0 Å². The van der Waals surface area contributed by atoms with Gasteiger partial charge in [-0.3, -0.25) is 9.48 Å². The van der Waals surface area contributed by atoms with Crippen LogP contribution in [-0.4, -0.2) is 46.6 Å². The molecule has 0 spiro atoms. The molecule has 1 amide bonds. The lowest BCUT2D eigenvalue weighted by molar-refractivity contribution is 0.00464. The Hall–Kier alpha value is -3.26. The Kier molecular flexibility index (Phi) is 5.76. The van der Waals surface area contributed by atoms with E-state index >= 15 is 0 Å². The first-order chi connectivity index (χ1) is 14.5. The number of carbonyl (C=O) groups excluding carboxylic acids is 1. The Morgan fingerprint density at radius 3 is 2.87 bits per heavy atom. The number of anilines is 1. The Bertz CT molecular complexity index is 1020. The van der Waals surface area contributed by atoms with Gasteiger partial charge in [0.2, 0.25) is 0 Å². The van der Waals surface area contributed by atoms with E-state index < -0.39 is 18.0 Å². The summed E-state index contributed by atoms with van der Waals surface area (Å²) in [4.78, 5) is 18.9. The SMILES string of the molecule is CC1Cc2cccnc2N(C)C(CNC(=O)c2nn(Cc3ccccc3)cc2F)O1. The molecule has 0 aliphatic carbocycles. The second-order valence-electron chi connectivity index (χ2n) is 7.42. The first kappa shape index (κ1) is 20.0. The van der Waals surface area contributed by atoms with Crippen molar-refractivity contribution in [3.63, 3.8) is 0 Å². The number of likely N-dealkylation sites (N-methyl/N-ethyl adjacent to an activating group) is 1. The van der Waals surface area contributed by atoms with Crippen molar-refractivity contribution >= 4 is 11.7 Å². The summed E-state index contributed by atoms with van der Waals surface area (Å²) in [5.41, 5.74) is 1.83. The molecule has 3 aromatic rings. The van der Waals surface area contributed by atoms with E-state index in [1.807, 2.05) is 61.3 Å². The summed E-state index contributed by atoms with van der Waals surface area (Å²) >= 11 is 0. The van der Waals surface area contributed by atoms with Gasteiger partial charge in [-0.2, -0.15) is 5.10 Å². The molecule has 0 fully saturated rings. The molecular formula is C22H24FN5O2. The van der Waals surface area contributed by atoms with Crippen LogP contribution in [0.25, 0.3) is 0 Å². The smallest absolute Gasteiger partial charge is 0.275 e. The van der Waals surface area contributed by atoms with Crippen LogP contribution in [0, 0.1) is 5.82 Å². The molecule has 2 aromatic heterocycles. The lowest BCUT2D eigenvalue weighted by Gasteiger charge is -2.28. The van der Waals surface area contributed by atoms with Crippen LogP contribution in [0.2, 0.25) is 0 Å². The molecule has 4 rings (SSSR count). The Morgan fingerprint density at radius 2 is 2.07 bits per heavy atom. The van der Waals surface area contributed by atoms with Crippen molar-refractivity contribution in [3.05, 3.63) is 77.5 Å². The van der Waals surface area contributed by atoms with E-state index in [2.05, 4.69) is 15.4 Å². The van der Waals surface area contributed by atoms with Gasteiger partial charge in [-0.05, 0) is 24.1 Å². The van der Waals surface area contributed by atoms with Crippen LogP contribution in [0.1, 0.15) is 28.5 Å². The molecule has 1 aliphatic heterocycles. The molecule has 7 nitrogen and oxygen atoms in total. The number of aromatic nitrogens is 3. The van der Waals surface area contributed by atoms with Crippen LogP contribution >= 0.6 is 0 Å². The number of carbonyl (C=O) groups is 1. The van der Waals surface area contributed by atoms with E-state index in [0.717, 1.165) is 23.4 Å². The van der Waals surface area contributed by atoms with Gasteiger partial charge >= 0.3 is 0 Å². The molecule has 156 valence electrons. The molecule has 0 saturated heterocycles. The second-order valence-corrected chi connectivity index (χ2v) is 7.42. The van der Waals surface area contributed by atoms with Crippen LogP contribution in [0.5, 0.6) is 0 Å². The molecule has 2 atom stereocenters. The first-order valence-corrected chi connectivity index (χ1v) is 9.88. The fraction of sp³-hybridized carbons (Fsp3) is 0.318. The number of hydrogen-bond acceptors (Lipinski definition) is 5. The molecule has 1 aromatic carbocycles. The maximum Gasteiger partial charge on any atom is 0.275 e. The van der Waals surface area contributed by atoms with Gasteiger partial charge in [-0.1, -0.05) is 36.4 Å². The van der Waals surface area contributed by atoms with Gasteiger partial charge in [0, 0.05) is 19.7 Å². The maximum absolute atomic E-state index is 14.3. The van der Waals surface area contributed by atoms with Gasteiger partial charge in [0.1, 0.15) is 12.0 Å². The highest BCUT2D eigenvalue weighted by Gasteiger charge is 2.27.